The molecule has 4 unspecified atom stereocenters. The van der Waals surface area contributed by atoms with E-state index in [4.69, 9.17) is 0 Å². The molecule has 25 heavy (non-hydrogen) atoms. The van der Waals surface area contributed by atoms with Crippen LogP contribution in [0.25, 0.3) is 10.8 Å². The Morgan fingerprint density at radius 3 is 2.68 bits per heavy atom. The summed E-state index contributed by atoms with van der Waals surface area (Å²) < 4.78 is 0. The number of fused-ring (bicyclic) bond motifs is 3. The highest BCUT2D eigenvalue weighted by Gasteiger charge is 2.49. The van der Waals surface area contributed by atoms with Gasteiger partial charge < -0.3 is 10.2 Å². The number of rotatable bonds is 2. The van der Waals surface area contributed by atoms with E-state index in [1.54, 1.807) is 0 Å². The zero-order valence-corrected chi connectivity index (χ0v) is 15.2. The van der Waals surface area contributed by atoms with E-state index < -0.39 is 0 Å². The second-order valence-electron chi connectivity index (χ2n) is 7.68. The summed E-state index contributed by atoms with van der Waals surface area (Å²) in [7, 11) is 0. The predicted molar refractivity (Wildman–Crippen MR) is 103 cm³/mol. The van der Waals surface area contributed by atoms with E-state index in [1.165, 1.54) is 29.2 Å². The van der Waals surface area contributed by atoms with E-state index in [1.807, 2.05) is 0 Å². The van der Waals surface area contributed by atoms with Crippen molar-refractivity contribution in [1.82, 2.24) is 10.2 Å². The SMILES string of the molecule is Cl.O=C(C1CC1c1ccc2ccccc2c1)N1C2CCNCC1CC2. The molecule has 1 saturated carbocycles. The zero-order valence-electron chi connectivity index (χ0n) is 14.4. The standard InChI is InChI=1S/C21H24N2O.ClH/c24-21(23-17-7-8-18(23)13-22-10-9-17)20-12-19(20)16-6-5-14-3-1-2-4-15(14)11-16;/h1-6,11,17-20,22H,7-10,12-13H2;1H. The molecule has 132 valence electrons. The molecular weight excluding hydrogens is 332 g/mol. The number of nitrogens with one attached hydrogen (secondary N) is 1. The molecule has 2 saturated heterocycles. The quantitative estimate of drug-likeness (QED) is 0.889. The normalized spacial score (nSPS) is 30.6. The Kier molecular flexibility index (Phi) is 4.47. The maximum atomic E-state index is 13.1. The number of hydrogen-bond donors (Lipinski definition) is 1. The highest BCUT2D eigenvalue weighted by Crippen LogP contribution is 2.50. The molecular formula is C21H25ClN2O. The first kappa shape index (κ1) is 16.9. The lowest BCUT2D eigenvalue weighted by Gasteiger charge is -2.28. The average molecular weight is 357 g/mol. The number of benzene rings is 2. The first-order valence-electron chi connectivity index (χ1n) is 9.33. The van der Waals surface area contributed by atoms with Crippen LogP contribution in [-0.4, -0.2) is 36.0 Å². The Balaban J connectivity index is 0.00000157. The number of hydrogen-bond acceptors (Lipinski definition) is 2. The Bertz CT molecular complexity index is 778. The summed E-state index contributed by atoms with van der Waals surface area (Å²) >= 11 is 0. The van der Waals surface area contributed by atoms with Gasteiger partial charge in [-0.1, -0.05) is 42.5 Å². The van der Waals surface area contributed by atoms with Crippen LogP contribution in [0.3, 0.4) is 0 Å². The number of nitrogens with zero attached hydrogens (tertiary/aromatic N) is 1. The monoisotopic (exact) mass is 356 g/mol. The lowest BCUT2D eigenvalue weighted by Crippen LogP contribution is -2.43. The van der Waals surface area contributed by atoms with Crippen molar-refractivity contribution in [2.75, 3.05) is 13.1 Å². The van der Waals surface area contributed by atoms with Crippen molar-refractivity contribution < 1.29 is 4.79 Å². The summed E-state index contributed by atoms with van der Waals surface area (Å²) in [5, 5.41) is 6.06. The molecule has 1 amide bonds. The molecule has 3 fully saturated rings. The lowest BCUT2D eigenvalue weighted by molar-refractivity contribution is -0.135. The van der Waals surface area contributed by atoms with Crippen molar-refractivity contribution >= 4 is 29.1 Å². The van der Waals surface area contributed by atoms with E-state index in [2.05, 4.69) is 52.7 Å². The molecule has 5 rings (SSSR count). The third-order valence-electron chi connectivity index (χ3n) is 6.22. The molecule has 2 heterocycles. The minimum Gasteiger partial charge on any atom is -0.335 e. The number of carbonyl (C=O) groups excluding carboxylic acids is 1. The molecule has 4 heteroatoms. The first-order valence-corrected chi connectivity index (χ1v) is 9.33. The van der Waals surface area contributed by atoms with Crippen LogP contribution in [0.1, 0.15) is 37.2 Å². The van der Waals surface area contributed by atoms with Gasteiger partial charge in [0.05, 0.1) is 0 Å². The summed E-state index contributed by atoms with van der Waals surface area (Å²) in [5.74, 6) is 1.06. The topological polar surface area (TPSA) is 32.3 Å². The summed E-state index contributed by atoms with van der Waals surface area (Å²) in [6.07, 6.45) is 4.53. The van der Waals surface area contributed by atoms with Crippen molar-refractivity contribution in [3.05, 3.63) is 48.0 Å². The van der Waals surface area contributed by atoms with Crippen LogP contribution >= 0.6 is 12.4 Å². The zero-order chi connectivity index (χ0) is 16.1. The van der Waals surface area contributed by atoms with Crippen molar-refractivity contribution in [2.24, 2.45) is 5.92 Å². The fraction of sp³-hybridized carbons (Fsp3) is 0.476. The van der Waals surface area contributed by atoms with E-state index >= 15 is 0 Å². The van der Waals surface area contributed by atoms with Gasteiger partial charge in [-0.2, -0.15) is 0 Å². The van der Waals surface area contributed by atoms with Crippen LogP contribution in [0.2, 0.25) is 0 Å². The van der Waals surface area contributed by atoms with Gasteiger partial charge in [-0.05, 0) is 54.5 Å². The van der Waals surface area contributed by atoms with Gasteiger partial charge in [-0.3, -0.25) is 4.79 Å². The Morgan fingerprint density at radius 1 is 1.00 bits per heavy atom. The fourth-order valence-corrected chi connectivity index (χ4v) is 4.81. The molecule has 2 aromatic rings. The molecule has 3 nitrogen and oxygen atoms in total. The van der Waals surface area contributed by atoms with Gasteiger partial charge in [-0.15, -0.1) is 12.4 Å². The van der Waals surface area contributed by atoms with Gasteiger partial charge in [0.2, 0.25) is 5.91 Å². The van der Waals surface area contributed by atoms with E-state index in [0.29, 0.717) is 23.9 Å². The van der Waals surface area contributed by atoms with Gasteiger partial charge in [0.25, 0.3) is 0 Å². The molecule has 2 bridgehead atoms. The summed E-state index contributed by atoms with van der Waals surface area (Å²) in [6.45, 7) is 2.04. The minimum absolute atomic E-state index is 0. The predicted octanol–water partition coefficient (Wildman–Crippen LogP) is 3.72. The summed E-state index contributed by atoms with van der Waals surface area (Å²) in [5.41, 5.74) is 1.34. The van der Waals surface area contributed by atoms with Crippen LogP contribution < -0.4 is 5.32 Å². The fourth-order valence-electron chi connectivity index (χ4n) is 4.81. The molecule has 2 aromatic carbocycles. The Hall–Kier alpha value is -1.58. The summed E-state index contributed by atoms with van der Waals surface area (Å²) in [6, 6.07) is 16.1. The maximum Gasteiger partial charge on any atom is 0.226 e. The van der Waals surface area contributed by atoms with Crippen LogP contribution in [0, 0.1) is 5.92 Å². The van der Waals surface area contributed by atoms with E-state index in [0.717, 1.165) is 25.9 Å². The van der Waals surface area contributed by atoms with E-state index in [9.17, 15) is 4.79 Å². The smallest absolute Gasteiger partial charge is 0.226 e. The van der Waals surface area contributed by atoms with Crippen molar-refractivity contribution in [2.45, 2.75) is 43.7 Å². The van der Waals surface area contributed by atoms with Crippen LogP contribution in [0.4, 0.5) is 0 Å². The second kappa shape index (κ2) is 6.62. The molecule has 1 N–H and O–H groups in total. The van der Waals surface area contributed by atoms with Gasteiger partial charge in [-0.25, -0.2) is 0 Å². The Morgan fingerprint density at radius 2 is 1.80 bits per heavy atom. The minimum atomic E-state index is 0. The molecule has 4 atom stereocenters. The number of carbonyl (C=O) groups is 1. The second-order valence-corrected chi connectivity index (χ2v) is 7.68. The van der Waals surface area contributed by atoms with Crippen molar-refractivity contribution in [3.63, 3.8) is 0 Å². The highest BCUT2D eigenvalue weighted by molar-refractivity contribution is 5.86. The van der Waals surface area contributed by atoms with Gasteiger partial charge in [0, 0.05) is 24.5 Å². The maximum absolute atomic E-state index is 13.1. The van der Waals surface area contributed by atoms with Gasteiger partial charge in [0.15, 0.2) is 0 Å². The molecule has 2 aliphatic heterocycles. The molecule has 0 aromatic heterocycles. The number of amides is 1. The summed E-state index contributed by atoms with van der Waals surface area (Å²) in [4.78, 5) is 15.4. The van der Waals surface area contributed by atoms with Gasteiger partial charge in [0.1, 0.15) is 0 Å². The van der Waals surface area contributed by atoms with Crippen LogP contribution in [0.5, 0.6) is 0 Å². The molecule has 1 aliphatic carbocycles. The Labute approximate surface area is 155 Å². The molecule has 3 aliphatic rings. The highest BCUT2D eigenvalue weighted by atomic mass is 35.5. The molecule has 0 spiro atoms. The third-order valence-corrected chi connectivity index (χ3v) is 6.22. The third kappa shape index (κ3) is 2.94. The number of halogens is 1. The van der Waals surface area contributed by atoms with Crippen LogP contribution in [0.15, 0.2) is 42.5 Å². The van der Waals surface area contributed by atoms with Crippen molar-refractivity contribution in [1.29, 1.82) is 0 Å². The molecule has 0 radical (unpaired) electrons. The van der Waals surface area contributed by atoms with Crippen LogP contribution in [-0.2, 0) is 4.79 Å². The van der Waals surface area contributed by atoms with Gasteiger partial charge >= 0.3 is 0 Å². The average Bonchev–Trinajstić information content (AvgIpc) is 3.33. The largest absolute Gasteiger partial charge is 0.335 e. The lowest BCUT2D eigenvalue weighted by atomic mass is 10.0. The van der Waals surface area contributed by atoms with E-state index in [-0.39, 0.29) is 18.3 Å². The van der Waals surface area contributed by atoms with Crippen molar-refractivity contribution in [3.8, 4) is 0 Å². The first-order chi connectivity index (χ1) is 11.8.